The van der Waals surface area contributed by atoms with Crippen LogP contribution in [-0.4, -0.2) is 187 Å². The highest BCUT2D eigenvalue weighted by Crippen LogP contribution is 2.36. The zero-order chi connectivity index (χ0) is 86.7. The summed E-state index contributed by atoms with van der Waals surface area (Å²) < 4.78 is 162. The minimum Gasteiger partial charge on any atom is -0.494 e. The van der Waals surface area contributed by atoms with Crippen molar-refractivity contribution in [3.63, 3.8) is 0 Å². The van der Waals surface area contributed by atoms with E-state index >= 15 is 0 Å². The monoisotopic (exact) mass is 1770 g/mol. The summed E-state index contributed by atoms with van der Waals surface area (Å²) in [6.45, 7) is 29.3. The van der Waals surface area contributed by atoms with E-state index in [2.05, 4.69) is 16.0 Å². The molecule has 0 radical (unpaired) electrons. The number of rotatable bonds is 21. The summed E-state index contributed by atoms with van der Waals surface area (Å²) in [5, 5.41) is 66.7. The molecule has 6 heterocycles. The lowest BCUT2D eigenvalue weighted by atomic mass is 9.78. The molecular weight excluding hydrogens is 1670 g/mol. The SMILES string of the molecule is C.CCOc1ccc(F)c2c1B(O)OC2CN.CCOc1ccc(F)c2c1B(O)OC2CNC(=O)OC(C)(C)C.CCOc1ccc(F)c2c1B(O)O[C@@H]2CN.CCOc1ccc(F)c2c1B(O)O[C@@H]2CNC(=O)OC(C)(C)C.CCOc1ccc(F)c2c1B(O)O[C@H]2CN.CCOc1ccc(F)c2c1B(O)O[C@H]2CNC(=O)OC(C)(C)C.Cl.Cl.Cl. The zero-order valence-corrected chi connectivity index (χ0v) is 71.5. The van der Waals surface area contributed by atoms with Gasteiger partial charge in [-0.1, -0.05) is 7.43 Å². The van der Waals surface area contributed by atoms with Gasteiger partial charge in [0.05, 0.1) is 76.3 Å². The number of nitrogens with one attached hydrogen (secondary N) is 3. The second-order valence-electron chi connectivity index (χ2n) is 29.1. The number of halogens is 9. The molecule has 6 aliphatic heterocycles. The molecule has 6 atom stereocenters. The Bertz CT molecular complexity index is 3950. The summed E-state index contributed by atoms with van der Waals surface area (Å²) >= 11 is 0. The van der Waals surface area contributed by atoms with Crippen LogP contribution in [0.5, 0.6) is 34.5 Å². The fraction of sp³-hybridized carbons (Fsp3) is 0.487. The van der Waals surface area contributed by atoms with Crippen LogP contribution in [-0.2, 0) is 42.1 Å². The van der Waals surface area contributed by atoms with Crippen molar-refractivity contribution < 1.29 is 141 Å². The molecule has 6 aliphatic rings. The van der Waals surface area contributed by atoms with Gasteiger partial charge < -0.3 is 134 Å². The normalized spacial score (nSPS) is 17.1. The van der Waals surface area contributed by atoms with Crippen molar-refractivity contribution in [2.75, 3.05) is 78.9 Å². The molecular formula is C76H109B6Cl3F6N6O24. The van der Waals surface area contributed by atoms with E-state index in [-0.39, 0.29) is 117 Å². The van der Waals surface area contributed by atoms with Gasteiger partial charge in [0.25, 0.3) is 0 Å². The first-order valence-corrected chi connectivity index (χ1v) is 38.0. The number of alkyl carbamates (subject to hydrolysis) is 3. The number of hydrogen-bond acceptors (Lipinski definition) is 27. The second kappa shape index (κ2) is 48.4. The highest BCUT2D eigenvalue weighted by molar-refractivity contribution is 6.65. The van der Waals surface area contributed by atoms with Crippen LogP contribution in [0.2, 0.25) is 0 Å². The molecule has 0 bridgehead atoms. The van der Waals surface area contributed by atoms with Crippen molar-refractivity contribution in [3.8, 4) is 34.5 Å². The lowest BCUT2D eigenvalue weighted by Crippen LogP contribution is -2.35. The topological polar surface area (TPSA) is 425 Å². The number of hydrogen-bond donors (Lipinski definition) is 12. The molecule has 0 saturated heterocycles. The molecule has 668 valence electrons. The molecule has 6 aromatic carbocycles. The minimum atomic E-state index is -1.30. The van der Waals surface area contributed by atoms with E-state index in [0.717, 1.165) is 0 Å². The van der Waals surface area contributed by atoms with Crippen molar-refractivity contribution >= 4 is 131 Å². The predicted octanol–water partition coefficient (Wildman–Crippen LogP) is 6.25. The molecule has 2 unspecified atom stereocenters. The van der Waals surface area contributed by atoms with Gasteiger partial charge in [0, 0.05) is 105 Å². The molecule has 121 heavy (non-hydrogen) atoms. The third-order valence-electron chi connectivity index (χ3n) is 17.3. The van der Waals surface area contributed by atoms with Gasteiger partial charge in [-0.25, -0.2) is 40.7 Å². The van der Waals surface area contributed by atoms with Crippen LogP contribution in [0.4, 0.5) is 40.7 Å². The number of ether oxygens (including phenoxy) is 9. The number of nitrogens with two attached hydrogens (primary N) is 3. The van der Waals surface area contributed by atoms with Crippen LogP contribution < -0.4 is 94.3 Å². The summed E-state index contributed by atoms with van der Waals surface area (Å²) in [5.41, 5.74) is 17.9. The Morgan fingerprint density at radius 3 is 0.612 bits per heavy atom. The average Bonchev–Trinajstić information content (AvgIpc) is 1.68. The largest absolute Gasteiger partial charge is 0.495 e. The summed E-state index contributed by atoms with van der Waals surface area (Å²) in [6, 6.07) is 16.5. The van der Waals surface area contributed by atoms with Crippen molar-refractivity contribution in [1.82, 2.24) is 16.0 Å². The van der Waals surface area contributed by atoms with Gasteiger partial charge in [0.2, 0.25) is 0 Å². The molecule has 6 aromatic rings. The third kappa shape index (κ3) is 28.1. The second-order valence-corrected chi connectivity index (χ2v) is 29.1. The third-order valence-corrected chi connectivity index (χ3v) is 17.3. The highest BCUT2D eigenvalue weighted by Gasteiger charge is 2.46. The van der Waals surface area contributed by atoms with Gasteiger partial charge in [-0.15, -0.1) is 37.2 Å². The van der Waals surface area contributed by atoms with Gasteiger partial charge in [-0.2, -0.15) is 0 Å². The summed E-state index contributed by atoms with van der Waals surface area (Å²) in [6.07, 6.45) is -6.16. The van der Waals surface area contributed by atoms with Crippen LogP contribution in [0.1, 0.15) is 181 Å². The summed E-state index contributed by atoms with van der Waals surface area (Å²) in [4.78, 5) is 35.1. The molecule has 12 rings (SSSR count). The average molecular weight is 1780 g/mol. The highest BCUT2D eigenvalue weighted by atomic mass is 35.5. The van der Waals surface area contributed by atoms with Gasteiger partial charge in [0.15, 0.2) is 0 Å². The molecule has 3 amide bonds. The van der Waals surface area contributed by atoms with Crippen LogP contribution >= 0.6 is 37.2 Å². The van der Waals surface area contributed by atoms with Crippen LogP contribution in [0.3, 0.4) is 0 Å². The Morgan fingerprint density at radius 1 is 0.322 bits per heavy atom. The first-order valence-electron chi connectivity index (χ1n) is 38.0. The van der Waals surface area contributed by atoms with E-state index in [1.807, 2.05) is 20.8 Å². The van der Waals surface area contributed by atoms with Crippen molar-refractivity contribution in [3.05, 3.63) is 141 Å². The quantitative estimate of drug-likeness (QED) is 0.0215. The van der Waals surface area contributed by atoms with E-state index < -0.39 is 149 Å². The molecule has 0 aliphatic carbocycles. The lowest BCUT2D eigenvalue weighted by Gasteiger charge is -2.21. The van der Waals surface area contributed by atoms with Gasteiger partial charge in [0.1, 0.15) is 86.2 Å². The molecule has 0 spiro atoms. The number of fused-ring (bicyclic) bond motifs is 6. The van der Waals surface area contributed by atoms with Gasteiger partial charge in [-0.05, 0) is 177 Å². The van der Waals surface area contributed by atoms with Gasteiger partial charge in [-0.3, -0.25) is 0 Å². The first kappa shape index (κ1) is 107. The smallest absolute Gasteiger partial charge is 0.494 e. The number of amides is 3. The van der Waals surface area contributed by atoms with Crippen LogP contribution in [0.25, 0.3) is 0 Å². The van der Waals surface area contributed by atoms with Crippen molar-refractivity contribution in [2.24, 2.45) is 17.2 Å². The zero-order valence-electron chi connectivity index (χ0n) is 69.1. The summed E-state index contributed by atoms with van der Waals surface area (Å²) in [7, 11) is -7.39. The Kier molecular flexibility index (Phi) is 43.0. The fourth-order valence-corrected chi connectivity index (χ4v) is 12.9. The Balaban J connectivity index is 0.000000375. The Labute approximate surface area is 721 Å². The molecule has 45 heteroatoms. The number of benzene rings is 6. The maximum atomic E-state index is 14.1. The van der Waals surface area contributed by atoms with E-state index in [1.165, 1.54) is 72.8 Å². The molecule has 0 aromatic heterocycles. The van der Waals surface area contributed by atoms with E-state index in [0.29, 0.717) is 107 Å². The maximum Gasteiger partial charge on any atom is 0.495 e. The molecule has 30 nitrogen and oxygen atoms in total. The van der Waals surface area contributed by atoms with Crippen molar-refractivity contribution in [2.45, 2.75) is 165 Å². The van der Waals surface area contributed by atoms with Gasteiger partial charge >= 0.3 is 61.0 Å². The number of carbonyl (C=O) groups excluding carboxylic acids is 3. The molecule has 15 N–H and O–H groups in total. The van der Waals surface area contributed by atoms with Crippen molar-refractivity contribution in [1.29, 1.82) is 0 Å². The predicted molar refractivity (Wildman–Crippen MR) is 452 cm³/mol. The lowest BCUT2D eigenvalue weighted by molar-refractivity contribution is 0.0488. The van der Waals surface area contributed by atoms with Crippen LogP contribution in [0.15, 0.2) is 72.8 Å². The standard InChI is InChI=1S/3C15H21BFNO5.3C10H13BFNO3.CH4.3ClH/c3*1-5-21-10-7-6-9(17)12-11(23-16(20)13(10)12)8-18-14(19)22-15(2,3)4;3*1-2-15-7-4-3-6(12)9-8(5-13)16-11(14)10(7)9;;;;/h3*6-7,11,20H,5,8H2,1-4H3,(H,18,19);3*3-4,8,14H,2,5,13H2,1H3;1H4;3*1H/t2*11-;;2*8-;;;;;/m10.10...../s1. The number of carbonyl (C=O) groups is 3. The first-order chi connectivity index (χ1) is 55.2. The fourth-order valence-electron chi connectivity index (χ4n) is 12.9. The van der Waals surface area contributed by atoms with E-state index in [9.17, 15) is 70.9 Å². The summed E-state index contributed by atoms with van der Waals surface area (Å²) in [5.74, 6) is -0.375. The van der Waals surface area contributed by atoms with Crippen LogP contribution in [0, 0.1) is 34.9 Å². The molecule has 0 saturated carbocycles. The maximum absolute atomic E-state index is 14.1. The van der Waals surface area contributed by atoms with E-state index in [4.69, 9.17) is 87.8 Å². The molecule has 0 fully saturated rings. The Morgan fingerprint density at radius 2 is 0.471 bits per heavy atom. The minimum absolute atomic E-state index is 0. The van der Waals surface area contributed by atoms with E-state index in [1.54, 1.807) is 83.1 Å². The Hall–Kier alpha value is -7.83.